The number of ether oxygens (including phenoxy) is 2. The van der Waals surface area contributed by atoms with Gasteiger partial charge >= 0.3 is 19.8 Å². The van der Waals surface area contributed by atoms with Gasteiger partial charge in [0.25, 0.3) is 0 Å². The Bertz CT molecular complexity index is 1540. The SMILES string of the molecule is CC/C=C\C/C=C\C/C=C\C/C=C\C/C=C\C/C=C\C/C=C\C/C=C\CCCCCCCCCCCCCCC(=O)OC(COC(=O)CCCCCCC/C=C\CCCCCCC)COP(=O)(O)OCCN. The minimum Gasteiger partial charge on any atom is -0.462 e. The summed E-state index contributed by atoms with van der Waals surface area (Å²) in [7, 11) is -4.39. The van der Waals surface area contributed by atoms with E-state index in [1.165, 1.54) is 96.3 Å². The third-order valence-corrected chi connectivity index (χ3v) is 12.9. The van der Waals surface area contributed by atoms with Gasteiger partial charge in [0.1, 0.15) is 6.61 Å². The van der Waals surface area contributed by atoms with Gasteiger partial charge in [0.05, 0.1) is 13.2 Å². The summed E-state index contributed by atoms with van der Waals surface area (Å²) >= 11 is 0. The number of carbonyl (C=O) groups excluding carboxylic acids is 2. The molecular weight excluding hydrogens is 918 g/mol. The van der Waals surface area contributed by atoms with Crippen LogP contribution in [0.15, 0.2) is 109 Å². The van der Waals surface area contributed by atoms with Crippen molar-refractivity contribution in [1.29, 1.82) is 0 Å². The average Bonchev–Trinajstić information content (AvgIpc) is 3.37. The highest BCUT2D eigenvalue weighted by Gasteiger charge is 2.26. The fourth-order valence-electron chi connectivity index (χ4n) is 7.65. The van der Waals surface area contributed by atoms with Crippen molar-refractivity contribution in [2.24, 2.45) is 5.73 Å². The maximum atomic E-state index is 12.7. The first kappa shape index (κ1) is 68.7. The van der Waals surface area contributed by atoms with Crippen LogP contribution in [0.1, 0.15) is 239 Å². The van der Waals surface area contributed by atoms with Crippen LogP contribution in [-0.4, -0.2) is 49.3 Å². The van der Waals surface area contributed by atoms with Gasteiger partial charge in [-0.2, -0.15) is 0 Å². The number of phosphoric acid groups is 1. The van der Waals surface area contributed by atoms with E-state index >= 15 is 0 Å². The van der Waals surface area contributed by atoms with Gasteiger partial charge in [0.2, 0.25) is 0 Å². The van der Waals surface area contributed by atoms with Gasteiger partial charge in [-0.25, -0.2) is 4.57 Å². The van der Waals surface area contributed by atoms with Crippen LogP contribution in [0.4, 0.5) is 0 Å². The Morgan fingerprint density at radius 2 is 0.764 bits per heavy atom. The highest BCUT2D eigenvalue weighted by atomic mass is 31.2. The smallest absolute Gasteiger partial charge is 0.462 e. The fourth-order valence-corrected chi connectivity index (χ4v) is 8.41. The van der Waals surface area contributed by atoms with Crippen LogP contribution in [-0.2, 0) is 32.7 Å². The molecule has 2 unspecified atom stereocenters. The standard InChI is InChI=1S/C62H106NO8P/c1-3-5-7-9-11-13-15-17-19-20-21-22-23-24-25-26-27-28-29-30-31-32-33-34-35-36-37-38-39-40-41-43-45-47-49-51-53-55-62(65)71-60(59-70-72(66,67)69-57-56-63)58-68-61(64)54-52-50-48-46-44-42-18-16-14-12-10-8-6-4-2/h5,7,11,13,16-19,21-22,24-25,27-28,30-31,33-34,60H,3-4,6,8-10,12,14-15,20,23,26,29,32,35-59,63H2,1-2H3,(H,66,67)/b7-5-,13-11-,18-16-,19-17-,22-21-,25-24-,28-27-,31-30-,34-33-. The third kappa shape index (κ3) is 56.0. The lowest BCUT2D eigenvalue weighted by Gasteiger charge is -2.19. The zero-order valence-corrected chi connectivity index (χ0v) is 46.8. The molecule has 0 aliphatic carbocycles. The number of esters is 2. The van der Waals surface area contributed by atoms with E-state index < -0.39 is 32.5 Å². The molecule has 9 nitrogen and oxygen atoms in total. The molecule has 0 saturated heterocycles. The zero-order valence-electron chi connectivity index (χ0n) is 45.9. The molecule has 72 heavy (non-hydrogen) atoms. The number of nitrogens with two attached hydrogens (primary N) is 1. The average molecular weight is 1020 g/mol. The van der Waals surface area contributed by atoms with E-state index in [1.807, 2.05) is 0 Å². The Labute approximate surface area is 441 Å². The summed E-state index contributed by atoms with van der Waals surface area (Å²) in [4.78, 5) is 35.1. The quantitative estimate of drug-likeness (QED) is 0.0264. The van der Waals surface area contributed by atoms with Gasteiger partial charge in [-0.15, -0.1) is 0 Å². The number of rotatable bonds is 53. The van der Waals surface area contributed by atoms with E-state index in [4.69, 9.17) is 24.3 Å². The second kappa shape index (κ2) is 57.0. The maximum Gasteiger partial charge on any atom is 0.472 e. The zero-order chi connectivity index (χ0) is 52.4. The molecule has 2 atom stereocenters. The van der Waals surface area contributed by atoms with Gasteiger partial charge in [0.15, 0.2) is 6.10 Å². The Hall–Kier alpha value is -3.33. The Kier molecular flexibility index (Phi) is 54.3. The number of allylic oxidation sites excluding steroid dienone is 18. The maximum absolute atomic E-state index is 12.7. The Morgan fingerprint density at radius 1 is 0.431 bits per heavy atom. The molecule has 3 N–H and O–H groups in total. The van der Waals surface area contributed by atoms with Crippen LogP contribution in [0.25, 0.3) is 0 Å². The topological polar surface area (TPSA) is 134 Å². The van der Waals surface area contributed by atoms with Crippen molar-refractivity contribution in [3.63, 3.8) is 0 Å². The summed E-state index contributed by atoms with van der Waals surface area (Å²) in [6.07, 6.45) is 77.2. The van der Waals surface area contributed by atoms with E-state index in [0.717, 1.165) is 109 Å². The summed E-state index contributed by atoms with van der Waals surface area (Å²) in [5.41, 5.74) is 5.37. The lowest BCUT2D eigenvalue weighted by atomic mass is 10.0. The predicted octanol–water partition coefficient (Wildman–Crippen LogP) is 18.2. The Morgan fingerprint density at radius 3 is 1.15 bits per heavy atom. The number of hydrogen-bond donors (Lipinski definition) is 2. The molecule has 0 fully saturated rings. The second-order valence-electron chi connectivity index (χ2n) is 18.8. The molecule has 0 rings (SSSR count). The normalized spacial score (nSPS) is 13.9. The van der Waals surface area contributed by atoms with Crippen molar-refractivity contribution in [3.05, 3.63) is 109 Å². The van der Waals surface area contributed by atoms with E-state index in [2.05, 4.69) is 123 Å². The first-order valence-electron chi connectivity index (χ1n) is 28.9. The third-order valence-electron chi connectivity index (χ3n) is 11.9. The highest BCUT2D eigenvalue weighted by molar-refractivity contribution is 7.47. The predicted molar refractivity (Wildman–Crippen MR) is 307 cm³/mol. The van der Waals surface area contributed by atoms with Crippen molar-refractivity contribution < 1.29 is 37.6 Å². The molecule has 0 aromatic rings. The fraction of sp³-hybridized carbons (Fsp3) is 0.677. The minimum absolute atomic E-state index is 0.0482. The minimum atomic E-state index is -4.39. The van der Waals surface area contributed by atoms with E-state index in [9.17, 15) is 19.0 Å². The number of hydrogen-bond acceptors (Lipinski definition) is 8. The van der Waals surface area contributed by atoms with Crippen LogP contribution in [0.2, 0.25) is 0 Å². The molecule has 0 saturated carbocycles. The molecule has 0 heterocycles. The van der Waals surface area contributed by atoms with Gasteiger partial charge in [0, 0.05) is 19.4 Å². The first-order chi connectivity index (χ1) is 35.3. The van der Waals surface area contributed by atoms with E-state index in [-0.39, 0.29) is 32.6 Å². The van der Waals surface area contributed by atoms with Crippen LogP contribution < -0.4 is 5.73 Å². The van der Waals surface area contributed by atoms with Gasteiger partial charge in [-0.3, -0.25) is 18.6 Å². The summed E-state index contributed by atoms with van der Waals surface area (Å²) in [5, 5.41) is 0. The molecule has 0 amide bonds. The van der Waals surface area contributed by atoms with Gasteiger partial charge < -0.3 is 20.1 Å². The molecule has 0 aromatic carbocycles. The van der Waals surface area contributed by atoms with E-state index in [0.29, 0.717) is 6.42 Å². The van der Waals surface area contributed by atoms with Crippen molar-refractivity contribution in [3.8, 4) is 0 Å². The first-order valence-corrected chi connectivity index (χ1v) is 30.4. The van der Waals surface area contributed by atoms with Gasteiger partial charge in [-0.05, 0) is 103 Å². The van der Waals surface area contributed by atoms with Gasteiger partial charge in [-0.1, -0.05) is 232 Å². The van der Waals surface area contributed by atoms with Crippen LogP contribution in [0.5, 0.6) is 0 Å². The molecule has 0 aliphatic heterocycles. The molecule has 10 heteroatoms. The second-order valence-corrected chi connectivity index (χ2v) is 20.2. The van der Waals surface area contributed by atoms with Crippen molar-refractivity contribution >= 4 is 19.8 Å². The van der Waals surface area contributed by atoms with Crippen LogP contribution in [0.3, 0.4) is 0 Å². The summed E-state index contributed by atoms with van der Waals surface area (Å²) in [5.74, 6) is -0.842. The Balaban J connectivity index is 3.94. The molecule has 0 spiro atoms. The lowest BCUT2D eigenvalue weighted by Crippen LogP contribution is -2.29. The summed E-state index contributed by atoms with van der Waals surface area (Å²) < 4.78 is 33.0. The van der Waals surface area contributed by atoms with Crippen molar-refractivity contribution in [2.45, 2.75) is 245 Å². The molecule has 0 aromatic heterocycles. The molecule has 0 aliphatic rings. The molecular formula is C62H106NO8P. The van der Waals surface area contributed by atoms with E-state index in [1.54, 1.807) is 0 Å². The molecule has 0 bridgehead atoms. The lowest BCUT2D eigenvalue weighted by molar-refractivity contribution is -0.161. The largest absolute Gasteiger partial charge is 0.472 e. The van der Waals surface area contributed by atoms with Crippen molar-refractivity contribution in [1.82, 2.24) is 0 Å². The molecule has 0 radical (unpaired) electrons. The van der Waals surface area contributed by atoms with Crippen molar-refractivity contribution in [2.75, 3.05) is 26.4 Å². The summed E-state index contributed by atoms with van der Waals surface area (Å²) in [6, 6.07) is 0. The van der Waals surface area contributed by atoms with Crippen LogP contribution >= 0.6 is 7.82 Å². The summed E-state index contributed by atoms with van der Waals surface area (Å²) in [6.45, 7) is 3.60. The highest BCUT2D eigenvalue weighted by Crippen LogP contribution is 2.43. The molecule has 412 valence electrons. The monoisotopic (exact) mass is 1020 g/mol. The number of phosphoric ester groups is 1. The number of unbranched alkanes of at least 4 members (excludes halogenated alkanes) is 22. The van der Waals surface area contributed by atoms with Crippen LogP contribution in [0, 0.1) is 0 Å². The number of carbonyl (C=O) groups is 2.